The number of carbonyl (C=O) groups is 2. The first-order valence-corrected chi connectivity index (χ1v) is 7.30. The Labute approximate surface area is 118 Å². The summed E-state index contributed by atoms with van der Waals surface area (Å²) < 4.78 is 0. The lowest BCUT2D eigenvalue weighted by atomic mass is 9.83. The van der Waals surface area contributed by atoms with Gasteiger partial charge >= 0.3 is 0 Å². The highest BCUT2D eigenvalue weighted by Gasteiger charge is 2.21. The monoisotopic (exact) mass is 266 g/mol. The van der Waals surface area contributed by atoms with Gasteiger partial charge in [0.1, 0.15) is 5.78 Å². The summed E-state index contributed by atoms with van der Waals surface area (Å²) in [5.74, 6) is 1.02. The van der Waals surface area contributed by atoms with Crippen LogP contribution in [-0.4, -0.2) is 11.6 Å². The maximum absolute atomic E-state index is 12.1. The molecule has 0 aliphatic heterocycles. The van der Waals surface area contributed by atoms with Crippen LogP contribution in [0.25, 0.3) is 0 Å². The van der Waals surface area contributed by atoms with E-state index in [1.165, 1.54) is 0 Å². The maximum Gasteiger partial charge on any atom is 0.157 e. The molecule has 0 fully saturated rings. The SMILES string of the molecule is CCC(=O)/C(C)=C/C(CC(=O)CC(C)(C)C)C(C)C. The highest BCUT2D eigenvalue weighted by molar-refractivity contribution is 5.94. The lowest BCUT2D eigenvalue weighted by Crippen LogP contribution is -2.18. The summed E-state index contributed by atoms with van der Waals surface area (Å²) in [5.41, 5.74) is 0.834. The van der Waals surface area contributed by atoms with Crippen LogP contribution in [0.2, 0.25) is 0 Å². The van der Waals surface area contributed by atoms with E-state index < -0.39 is 0 Å². The third kappa shape index (κ3) is 7.97. The van der Waals surface area contributed by atoms with Crippen LogP contribution in [-0.2, 0) is 9.59 Å². The second-order valence-corrected chi connectivity index (χ2v) is 7.01. The molecule has 0 aliphatic carbocycles. The summed E-state index contributed by atoms with van der Waals surface area (Å²) >= 11 is 0. The molecular formula is C17H30O2. The van der Waals surface area contributed by atoms with Gasteiger partial charge in [0.05, 0.1) is 0 Å². The Hall–Kier alpha value is -0.920. The minimum absolute atomic E-state index is 0.0383. The molecule has 0 radical (unpaired) electrons. The van der Waals surface area contributed by atoms with E-state index in [-0.39, 0.29) is 17.1 Å². The van der Waals surface area contributed by atoms with E-state index in [0.717, 1.165) is 5.57 Å². The Morgan fingerprint density at radius 1 is 1.16 bits per heavy atom. The highest BCUT2D eigenvalue weighted by Crippen LogP contribution is 2.25. The molecule has 0 saturated heterocycles. The van der Waals surface area contributed by atoms with Crippen molar-refractivity contribution in [2.24, 2.45) is 17.3 Å². The zero-order valence-electron chi connectivity index (χ0n) is 13.7. The standard InChI is InChI=1S/C17H30O2/c1-8-16(19)13(4)9-14(12(2)3)10-15(18)11-17(5,6)7/h9,12,14H,8,10-11H2,1-7H3/b13-9+. The molecule has 0 saturated carbocycles. The number of Topliss-reactive ketones (excluding diaryl/α,β-unsaturated/α-hetero) is 2. The van der Waals surface area contributed by atoms with Gasteiger partial charge in [-0.15, -0.1) is 0 Å². The zero-order valence-corrected chi connectivity index (χ0v) is 13.7. The Kier molecular flexibility index (Phi) is 7.25. The molecule has 1 atom stereocenters. The van der Waals surface area contributed by atoms with E-state index in [4.69, 9.17) is 0 Å². The van der Waals surface area contributed by atoms with E-state index in [9.17, 15) is 9.59 Å². The molecular weight excluding hydrogens is 236 g/mol. The van der Waals surface area contributed by atoms with Crippen molar-refractivity contribution in [2.45, 2.75) is 67.7 Å². The van der Waals surface area contributed by atoms with Gasteiger partial charge in [0, 0.05) is 19.3 Å². The smallest absolute Gasteiger partial charge is 0.157 e. The van der Waals surface area contributed by atoms with Crippen molar-refractivity contribution in [1.29, 1.82) is 0 Å². The van der Waals surface area contributed by atoms with Crippen LogP contribution in [0.5, 0.6) is 0 Å². The predicted octanol–water partition coefficient (Wildman–Crippen LogP) is 4.58. The molecule has 0 spiro atoms. The van der Waals surface area contributed by atoms with Crippen molar-refractivity contribution in [3.8, 4) is 0 Å². The normalized spacial score (nSPS) is 14.6. The third-order valence-electron chi connectivity index (χ3n) is 3.27. The van der Waals surface area contributed by atoms with E-state index >= 15 is 0 Å². The molecule has 0 N–H and O–H groups in total. The van der Waals surface area contributed by atoms with E-state index in [1.54, 1.807) is 0 Å². The fourth-order valence-electron chi connectivity index (χ4n) is 2.11. The molecule has 0 aromatic carbocycles. The number of allylic oxidation sites excluding steroid dienone is 2. The minimum Gasteiger partial charge on any atom is -0.300 e. The summed E-state index contributed by atoms with van der Waals surface area (Å²) in [6.07, 6.45) is 3.67. The van der Waals surface area contributed by atoms with E-state index in [2.05, 4.69) is 34.6 Å². The van der Waals surface area contributed by atoms with Gasteiger partial charge in [0.25, 0.3) is 0 Å². The van der Waals surface area contributed by atoms with Crippen LogP contribution in [0.4, 0.5) is 0 Å². The van der Waals surface area contributed by atoms with Crippen molar-refractivity contribution < 1.29 is 9.59 Å². The summed E-state index contributed by atoms with van der Waals surface area (Å²) in [4.78, 5) is 23.7. The molecule has 19 heavy (non-hydrogen) atoms. The number of ketones is 2. The average Bonchev–Trinajstić information content (AvgIpc) is 2.24. The molecule has 0 aliphatic rings. The topological polar surface area (TPSA) is 34.1 Å². The first-order valence-electron chi connectivity index (χ1n) is 7.30. The number of rotatable bonds is 7. The zero-order chi connectivity index (χ0) is 15.2. The van der Waals surface area contributed by atoms with Gasteiger partial charge in [-0.25, -0.2) is 0 Å². The molecule has 110 valence electrons. The fraction of sp³-hybridized carbons (Fsp3) is 0.765. The van der Waals surface area contributed by atoms with Crippen molar-refractivity contribution in [2.75, 3.05) is 0 Å². The summed E-state index contributed by atoms with van der Waals surface area (Å²) in [5, 5.41) is 0. The minimum atomic E-state index is 0.0383. The number of hydrogen-bond acceptors (Lipinski definition) is 2. The van der Waals surface area contributed by atoms with Gasteiger partial charge in [-0.3, -0.25) is 9.59 Å². The van der Waals surface area contributed by atoms with Crippen LogP contribution in [0.15, 0.2) is 11.6 Å². The van der Waals surface area contributed by atoms with Crippen molar-refractivity contribution in [3.05, 3.63) is 11.6 Å². The largest absolute Gasteiger partial charge is 0.300 e. The Balaban J connectivity index is 4.77. The first-order chi connectivity index (χ1) is 8.56. The summed E-state index contributed by atoms with van der Waals surface area (Å²) in [6.45, 7) is 14.2. The van der Waals surface area contributed by atoms with Crippen LogP contribution in [0.3, 0.4) is 0 Å². The van der Waals surface area contributed by atoms with E-state index in [1.807, 2.05) is 19.9 Å². The number of carbonyl (C=O) groups excluding carboxylic acids is 2. The lowest BCUT2D eigenvalue weighted by Gasteiger charge is -2.21. The van der Waals surface area contributed by atoms with Crippen molar-refractivity contribution >= 4 is 11.6 Å². The van der Waals surface area contributed by atoms with Gasteiger partial charge < -0.3 is 0 Å². The molecule has 0 bridgehead atoms. The van der Waals surface area contributed by atoms with Crippen molar-refractivity contribution in [3.63, 3.8) is 0 Å². The number of hydrogen-bond donors (Lipinski definition) is 0. The molecule has 0 heterocycles. The van der Waals surface area contributed by atoms with Gasteiger partial charge in [-0.1, -0.05) is 47.6 Å². The first kappa shape index (κ1) is 18.1. The third-order valence-corrected chi connectivity index (χ3v) is 3.27. The molecule has 0 aromatic heterocycles. The summed E-state index contributed by atoms with van der Waals surface area (Å²) in [7, 11) is 0. The fourth-order valence-corrected chi connectivity index (χ4v) is 2.11. The van der Waals surface area contributed by atoms with Gasteiger partial charge in [-0.2, -0.15) is 0 Å². The molecule has 0 amide bonds. The van der Waals surface area contributed by atoms with Crippen molar-refractivity contribution in [1.82, 2.24) is 0 Å². The molecule has 0 rings (SSSR count). The van der Waals surface area contributed by atoms with Crippen LogP contribution >= 0.6 is 0 Å². The van der Waals surface area contributed by atoms with Gasteiger partial charge in [-0.05, 0) is 29.7 Å². The Morgan fingerprint density at radius 2 is 1.68 bits per heavy atom. The van der Waals surface area contributed by atoms with Crippen LogP contribution in [0.1, 0.15) is 67.7 Å². The molecule has 0 aromatic rings. The molecule has 2 heteroatoms. The average molecular weight is 266 g/mol. The second kappa shape index (κ2) is 7.62. The second-order valence-electron chi connectivity index (χ2n) is 7.01. The lowest BCUT2D eigenvalue weighted by molar-refractivity contribution is -0.121. The van der Waals surface area contributed by atoms with Crippen LogP contribution < -0.4 is 0 Å². The van der Waals surface area contributed by atoms with E-state index in [0.29, 0.717) is 31.0 Å². The Morgan fingerprint density at radius 3 is 2.05 bits per heavy atom. The summed E-state index contributed by atoms with van der Waals surface area (Å²) in [6, 6.07) is 0. The highest BCUT2D eigenvalue weighted by atomic mass is 16.1. The molecule has 2 nitrogen and oxygen atoms in total. The van der Waals surface area contributed by atoms with Gasteiger partial charge in [0.15, 0.2) is 5.78 Å². The maximum atomic E-state index is 12.1. The van der Waals surface area contributed by atoms with Gasteiger partial charge in [0.2, 0.25) is 0 Å². The predicted molar refractivity (Wildman–Crippen MR) is 81.1 cm³/mol. The Bertz CT molecular complexity index is 343. The molecule has 1 unspecified atom stereocenters. The quantitative estimate of drug-likeness (QED) is 0.632. The van der Waals surface area contributed by atoms with Crippen LogP contribution in [0, 0.1) is 17.3 Å².